The summed E-state index contributed by atoms with van der Waals surface area (Å²) in [6.07, 6.45) is 9.38. The van der Waals surface area contributed by atoms with Crippen molar-refractivity contribution < 1.29 is 4.79 Å². The molecule has 2 aliphatic heterocycles. The van der Waals surface area contributed by atoms with Gasteiger partial charge in [-0.15, -0.1) is 0 Å². The largest absolute Gasteiger partial charge is 0.373 e. The van der Waals surface area contributed by atoms with E-state index in [1.807, 2.05) is 6.08 Å². The number of hydrogen-bond donors (Lipinski definition) is 1. The van der Waals surface area contributed by atoms with E-state index in [1.165, 1.54) is 18.4 Å². The average molecular weight is 218 g/mol. The van der Waals surface area contributed by atoms with Gasteiger partial charge in [0, 0.05) is 25.2 Å². The minimum atomic E-state index is 0.167. The normalized spacial score (nSPS) is 30.5. The van der Waals surface area contributed by atoms with Crippen molar-refractivity contribution >= 4 is 5.78 Å². The number of fused-ring (bicyclic) bond motifs is 1. The van der Waals surface area contributed by atoms with Gasteiger partial charge >= 0.3 is 0 Å². The van der Waals surface area contributed by atoms with Crippen molar-refractivity contribution in [3.63, 3.8) is 0 Å². The zero-order chi connectivity index (χ0) is 11.0. The minimum absolute atomic E-state index is 0.167. The van der Waals surface area contributed by atoms with Crippen LogP contribution in [-0.2, 0) is 4.79 Å². The van der Waals surface area contributed by atoms with Gasteiger partial charge in [0.25, 0.3) is 0 Å². The summed E-state index contributed by atoms with van der Waals surface area (Å²) >= 11 is 0. The molecule has 3 nitrogen and oxygen atoms in total. The van der Waals surface area contributed by atoms with Gasteiger partial charge in [-0.25, -0.2) is 0 Å². The van der Waals surface area contributed by atoms with Crippen molar-refractivity contribution in [2.24, 2.45) is 5.92 Å². The van der Waals surface area contributed by atoms with Crippen LogP contribution in [0.2, 0.25) is 0 Å². The Balaban J connectivity index is 1.74. The molecule has 1 unspecified atom stereocenters. The molecule has 0 bridgehead atoms. The molecule has 1 atom stereocenters. The monoisotopic (exact) mass is 218 g/mol. The Morgan fingerprint density at radius 3 is 2.88 bits per heavy atom. The third kappa shape index (κ3) is 1.69. The minimum Gasteiger partial charge on any atom is -0.373 e. The number of nitrogens with one attached hydrogen (secondary N) is 1. The lowest BCUT2D eigenvalue weighted by molar-refractivity contribution is -0.121. The maximum absolute atomic E-state index is 11.8. The zero-order valence-electron chi connectivity index (χ0n) is 9.48. The van der Waals surface area contributed by atoms with Crippen LogP contribution in [-0.4, -0.2) is 36.4 Å². The predicted octanol–water partition coefficient (Wildman–Crippen LogP) is 1.08. The van der Waals surface area contributed by atoms with Crippen molar-refractivity contribution in [3.8, 4) is 0 Å². The standard InChI is InChI=1S/C13H18N2O/c16-13-3-1-2-10-8-15(9-12(10)13)11-4-6-14-7-5-11/h1-2,8,11-12,14H,3-7,9H2. The van der Waals surface area contributed by atoms with E-state index >= 15 is 0 Å². The highest BCUT2D eigenvalue weighted by atomic mass is 16.1. The topological polar surface area (TPSA) is 32.3 Å². The lowest BCUT2D eigenvalue weighted by Gasteiger charge is -2.32. The Morgan fingerprint density at radius 2 is 2.12 bits per heavy atom. The van der Waals surface area contributed by atoms with E-state index in [4.69, 9.17) is 0 Å². The first-order chi connectivity index (χ1) is 7.84. The number of nitrogens with zero attached hydrogens (tertiary/aromatic N) is 1. The Labute approximate surface area is 96.2 Å². The van der Waals surface area contributed by atoms with E-state index in [1.54, 1.807) is 0 Å². The smallest absolute Gasteiger partial charge is 0.145 e. The molecule has 3 rings (SSSR count). The van der Waals surface area contributed by atoms with Gasteiger partial charge in [0.15, 0.2) is 0 Å². The molecule has 86 valence electrons. The number of hydrogen-bond acceptors (Lipinski definition) is 3. The fraction of sp³-hybridized carbons (Fsp3) is 0.615. The molecule has 16 heavy (non-hydrogen) atoms. The summed E-state index contributed by atoms with van der Waals surface area (Å²) in [5, 5.41) is 3.38. The fourth-order valence-electron chi connectivity index (χ4n) is 2.94. The maximum atomic E-state index is 11.8. The molecule has 0 spiro atoms. The second kappa shape index (κ2) is 4.06. The first kappa shape index (κ1) is 10.1. The van der Waals surface area contributed by atoms with Gasteiger partial charge in [0.1, 0.15) is 5.78 Å². The molecule has 3 aliphatic rings. The molecule has 0 radical (unpaired) electrons. The van der Waals surface area contributed by atoms with Gasteiger partial charge in [-0.2, -0.15) is 0 Å². The van der Waals surface area contributed by atoms with Gasteiger partial charge < -0.3 is 10.2 Å². The molecule has 1 aliphatic carbocycles. The van der Waals surface area contributed by atoms with E-state index in [9.17, 15) is 4.79 Å². The van der Waals surface area contributed by atoms with E-state index in [0.29, 0.717) is 18.2 Å². The van der Waals surface area contributed by atoms with Crippen molar-refractivity contribution in [2.45, 2.75) is 25.3 Å². The molecule has 2 heterocycles. The van der Waals surface area contributed by atoms with Gasteiger partial charge in [0.2, 0.25) is 0 Å². The van der Waals surface area contributed by atoms with Gasteiger partial charge in [-0.05, 0) is 31.5 Å². The fourth-order valence-corrected chi connectivity index (χ4v) is 2.94. The highest BCUT2D eigenvalue weighted by molar-refractivity contribution is 5.88. The Bertz CT molecular complexity index is 353. The second-order valence-corrected chi connectivity index (χ2v) is 4.93. The summed E-state index contributed by atoms with van der Waals surface area (Å²) in [4.78, 5) is 14.2. The molecule has 0 aromatic heterocycles. The van der Waals surface area contributed by atoms with Crippen LogP contribution in [0.5, 0.6) is 0 Å². The summed E-state index contributed by atoms with van der Waals surface area (Å²) in [6.45, 7) is 3.14. The van der Waals surface area contributed by atoms with Crippen molar-refractivity contribution in [1.29, 1.82) is 0 Å². The summed E-state index contributed by atoms with van der Waals surface area (Å²) in [6, 6.07) is 0.639. The summed E-state index contributed by atoms with van der Waals surface area (Å²) in [5.41, 5.74) is 1.23. The Kier molecular flexibility index (Phi) is 2.56. The van der Waals surface area contributed by atoms with Crippen LogP contribution in [0.4, 0.5) is 0 Å². The molecule has 0 aromatic rings. The molecule has 1 N–H and O–H groups in total. The first-order valence-electron chi connectivity index (χ1n) is 6.22. The number of rotatable bonds is 1. The first-order valence-corrected chi connectivity index (χ1v) is 6.22. The SMILES string of the molecule is O=C1CC=CC2=CN(C3CCNCC3)CC12. The highest BCUT2D eigenvalue weighted by Crippen LogP contribution is 2.31. The van der Waals surface area contributed by atoms with Crippen molar-refractivity contribution in [3.05, 3.63) is 23.9 Å². The van der Waals surface area contributed by atoms with Crippen molar-refractivity contribution in [2.75, 3.05) is 19.6 Å². The predicted molar refractivity (Wildman–Crippen MR) is 62.9 cm³/mol. The van der Waals surface area contributed by atoms with Crippen LogP contribution in [0.15, 0.2) is 23.9 Å². The van der Waals surface area contributed by atoms with Gasteiger partial charge in [0.05, 0.1) is 5.92 Å². The summed E-state index contributed by atoms with van der Waals surface area (Å²) in [5.74, 6) is 0.560. The van der Waals surface area contributed by atoms with Gasteiger partial charge in [-0.1, -0.05) is 12.2 Å². The molecular formula is C13H18N2O. The Morgan fingerprint density at radius 1 is 1.31 bits per heavy atom. The van der Waals surface area contributed by atoms with Crippen LogP contribution < -0.4 is 5.32 Å². The quantitative estimate of drug-likeness (QED) is 0.715. The van der Waals surface area contributed by atoms with Crippen LogP contribution in [0.3, 0.4) is 0 Å². The van der Waals surface area contributed by atoms with Crippen LogP contribution in [0, 0.1) is 5.92 Å². The van der Waals surface area contributed by atoms with Crippen molar-refractivity contribution in [1.82, 2.24) is 10.2 Å². The molecular weight excluding hydrogens is 200 g/mol. The second-order valence-electron chi connectivity index (χ2n) is 4.93. The third-order valence-electron chi connectivity index (χ3n) is 3.91. The number of piperidine rings is 1. The van der Waals surface area contributed by atoms with E-state index in [0.717, 1.165) is 19.6 Å². The van der Waals surface area contributed by atoms with Crippen LogP contribution >= 0.6 is 0 Å². The lowest BCUT2D eigenvalue weighted by atomic mass is 9.90. The number of ketones is 1. The summed E-state index contributed by atoms with van der Waals surface area (Å²) < 4.78 is 0. The average Bonchev–Trinajstić information content (AvgIpc) is 2.76. The van der Waals surface area contributed by atoms with Crippen LogP contribution in [0.1, 0.15) is 19.3 Å². The molecule has 1 fully saturated rings. The number of carbonyl (C=O) groups is 1. The number of carbonyl (C=O) groups excluding carboxylic acids is 1. The lowest BCUT2D eigenvalue weighted by Crippen LogP contribution is -2.41. The molecule has 0 saturated carbocycles. The number of allylic oxidation sites excluding steroid dienone is 2. The highest BCUT2D eigenvalue weighted by Gasteiger charge is 2.33. The van der Waals surface area contributed by atoms with Gasteiger partial charge in [-0.3, -0.25) is 4.79 Å². The van der Waals surface area contributed by atoms with E-state index < -0.39 is 0 Å². The summed E-state index contributed by atoms with van der Waals surface area (Å²) in [7, 11) is 0. The maximum Gasteiger partial charge on any atom is 0.145 e. The van der Waals surface area contributed by atoms with E-state index in [2.05, 4.69) is 22.5 Å². The molecule has 3 heteroatoms. The third-order valence-corrected chi connectivity index (χ3v) is 3.91. The zero-order valence-corrected chi connectivity index (χ0v) is 9.48. The van der Waals surface area contributed by atoms with Crippen LogP contribution in [0.25, 0.3) is 0 Å². The van der Waals surface area contributed by atoms with E-state index in [-0.39, 0.29) is 5.92 Å². The number of Topliss-reactive ketones (excluding diaryl/α,β-unsaturated/α-hetero) is 1. The Hall–Kier alpha value is -1.09. The molecule has 0 amide bonds. The molecule has 1 saturated heterocycles. The molecule has 0 aromatic carbocycles.